The van der Waals surface area contributed by atoms with Gasteiger partial charge in [0.2, 0.25) is 0 Å². The summed E-state index contributed by atoms with van der Waals surface area (Å²) in [6.07, 6.45) is 1.49. The molecule has 0 heterocycles. The predicted octanol–water partition coefficient (Wildman–Crippen LogP) is 4.60. The molecule has 0 saturated heterocycles. The van der Waals surface area contributed by atoms with Crippen LogP contribution in [0, 0.1) is 6.92 Å². The summed E-state index contributed by atoms with van der Waals surface area (Å²) < 4.78 is 11.1. The van der Waals surface area contributed by atoms with Crippen molar-refractivity contribution in [2.24, 2.45) is 5.10 Å². The molecule has 7 heteroatoms. The second kappa shape index (κ2) is 9.68. The molecule has 0 atom stereocenters. The van der Waals surface area contributed by atoms with Gasteiger partial charge < -0.3 is 14.8 Å². The Kier molecular flexibility index (Phi) is 7.29. The van der Waals surface area contributed by atoms with Gasteiger partial charge in [-0.05, 0) is 50.1 Å². The monoisotopic (exact) mass is 375 g/mol. The normalized spacial score (nSPS) is 10.6. The molecule has 0 fully saturated rings. The number of hydrazone groups is 1. The molecule has 6 nitrogen and oxygen atoms in total. The van der Waals surface area contributed by atoms with Crippen molar-refractivity contribution in [1.82, 2.24) is 5.43 Å². The average Bonchev–Trinajstić information content (AvgIpc) is 2.60. The summed E-state index contributed by atoms with van der Waals surface area (Å²) in [6.45, 7) is 6.62. The van der Waals surface area contributed by atoms with E-state index >= 15 is 0 Å². The fourth-order valence-electron chi connectivity index (χ4n) is 2.24. The van der Waals surface area contributed by atoms with Gasteiger partial charge in [0.15, 0.2) is 11.5 Å². The number of rotatable bonds is 7. The molecule has 2 amide bonds. The maximum absolute atomic E-state index is 11.9. The Morgan fingerprint density at radius 1 is 1.19 bits per heavy atom. The highest BCUT2D eigenvalue weighted by Crippen LogP contribution is 2.36. The number of ether oxygens (including phenoxy) is 2. The average molecular weight is 376 g/mol. The van der Waals surface area contributed by atoms with Gasteiger partial charge in [-0.2, -0.15) is 5.10 Å². The van der Waals surface area contributed by atoms with Crippen molar-refractivity contribution in [3.63, 3.8) is 0 Å². The number of carbonyl (C=O) groups excluding carboxylic acids is 1. The number of aryl methyl sites for hydroxylation is 1. The molecular formula is C19H22ClN3O3. The topological polar surface area (TPSA) is 72.0 Å². The first-order chi connectivity index (χ1) is 12.5. The minimum atomic E-state index is -0.433. The highest BCUT2D eigenvalue weighted by molar-refractivity contribution is 6.32. The zero-order valence-electron chi connectivity index (χ0n) is 15.0. The smallest absolute Gasteiger partial charge is 0.339 e. The fraction of sp³-hybridized carbons (Fsp3) is 0.263. The van der Waals surface area contributed by atoms with E-state index in [1.54, 1.807) is 12.1 Å². The zero-order valence-corrected chi connectivity index (χ0v) is 15.8. The van der Waals surface area contributed by atoms with Crippen molar-refractivity contribution >= 4 is 29.5 Å². The lowest BCUT2D eigenvalue weighted by molar-refractivity contribution is 0.252. The summed E-state index contributed by atoms with van der Waals surface area (Å²) in [5.74, 6) is 1.03. The number of hydrogen-bond acceptors (Lipinski definition) is 4. The number of carbonyl (C=O) groups is 1. The number of hydrogen-bond donors (Lipinski definition) is 2. The second-order valence-electron chi connectivity index (χ2n) is 5.34. The van der Waals surface area contributed by atoms with Gasteiger partial charge in [0.1, 0.15) is 0 Å². The number of nitrogens with one attached hydrogen (secondary N) is 2. The van der Waals surface area contributed by atoms with Crippen molar-refractivity contribution in [2.45, 2.75) is 20.8 Å². The highest BCUT2D eigenvalue weighted by atomic mass is 35.5. The standard InChI is InChI=1S/C19H22ClN3O3/c1-4-25-17-11-14(10-15(20)18(17)26-5-2)12-21-23-19(24)22-16-9-7-6-8-13(16)3/h6-12H,4-5H2,1-3H3,(H2,22,23,24). The van der Waals surface area contributed by atoms with E-state index in [-0.39, 0.29) is 0 Å². The minimum absolute atomic E-state index is 0.420. The lowest BCUT2D eigenvalue weighted by Gasteiger charge is -2.13. The lowest BCUT2D eigenvalue weighted by atomic mass is 10.2. The van der Waals surface area contributed by atoms with Gasteiger partial charge in [-0.3, -0.25) is 0 Å². The maximum atomic E-state index is 11.9. The Morgan fingerprint density at radius 2 is 1.92 bits per heavy atom. The highest BCUT2D eigenvalue weighted by Gasteiger charge is 2.11. The molecule has 0 bridgehead atoms. The number of halogens is 1. The summed E-state index contributed by atoms with van der Waals surface area (Å²) >= 11 is 6.25. The van der Waals surface area contributed by atoms with Crippen LogP contribution in [0.25, 0.3) is 0 Å². The third kappa shape index (κ3) is 5.39. The van der Waals surface area contributed by atoms with Crippen molar-refractivity contribution < 1.29 is 14.3 Å². The number of amides is 2. The quantitative estimate of drug-likeness (QED) is 0.548. The molecule has 2 aromatic carbocycles. The lowest BCUT2D eigenvalue weighted by Crippen LogP contribution is -2.24. The van der Waals surface area contributed by atoms with Crippen molar-refractivity contribution in [1.29, 1.82) is 0 Å². The van der Waals surface area contributed by atoms with Crippen molar-refractivity contribution in [2.75, 3.05) is 18.5 Å². The molecule has 0 aliphatic heterocycles. The molecule has 0 radical (unpaired) electrons. The van der Waals surface area contributed by atoms with Gasteiger partial charge in [-0.15, -0.1) is 0 Å². The maximum Gasteiger partial charge on any atom is 0.339 e. The van der Waals surface area contributed by atoms with Gasteiger partial charge in [-0.25, -0.2) is 10.2 Å². The molecule has 0 aliphatic carbocycles. The molecule has 0 spiro atoms. The largest absolute Gasteiger partial charge is 0.490 e. The molecule has 0 unspecified atom stereocenters. The molecule has 2 rings (SSSR count). The molecule has 26 heavy (non-hydrogen) atoms. The van der Waals surface area contributed by atoms with E-state index in [1.807, 2.05) is 45.0 Å². The molecule has 0 aromatic heterocycles. The van der Waals surface area contributed by atoms with Crippen LogP contribution in [0.4, 0.5) is 10.5 Å². The minimum Gasteiger partial charge on any atom is -0.490 e. The van der Waals surface area contributed by atoms with Crippen LogP contribution >= 0.6 is 11.6 Å². The van der Waals surface area contributed by atoms with Crippen molar-refractivity contribution in [3.05, 3.63) is 52.5 Å². The first-order valence-electron chi connectivity index (χ1n) is 8.30. The van der Waals surface area contributed by atoms with Crippen LogP contribution < -0.4 is 20.2 Å². The molecule has 0 aliphatic rings. The fourth-order valence-corrected chi connectivity index (χ4v) is 2.51. The van der Waals surface area contributed by atoms with Crippen LogP contribution in [0.2, 0.25) is 5.02 Å². The molecule has 2 N–H and O–H groups in total. The van der Waals surface area contributed by atoms with E-state index in [2.05, 4.69) is 15.8 Å². The summed E-state index contributed by atoms with van der Waals surface area (Å²) in [5.41, 5.74) is 4.79. The van der Waals surface area contributed by atoms with Crippen LogP contribution in [0.5, 0.6) is 11.5 Å². The number of para-hydroxylation sites is 1. The summed E-state index contributed by atoms with van der Waals surface area (Å²) in [7, 11) is 0. The van der Waals surface area contributed by atoms with Crippen LogP contribution in [0.3, 0.4) is 0 Å². The second-order valence-corrected chi connectivity index (χ2v) is 5.74. The third-order valence-electron chi connectivity index (χ3n) is 3.39. The number of benzene rings is 2. The van der Waals surface area contributed by atoms with Crippen LogP contribution in [-0.2, 0) is 0 Å². The van der Waals surface area contributed by atoms with E-state index in [4.69, 9.17) is 21.1 Å². The number of nitrogens with zero attached hydrogens (tertiary/aromatic N) is 1. The zero-order chi connectivity index (χ0) is 18.9. The number of anilines is 1. The van der Waals surface area contributed by atoms with Gasteiger partial charge in [0.25, 0.3) is 0 Å². The first kappa shape index (κ1) is 19.6. The van der Waals surface area contributed by atoms with Crippen molar-refractivity contribution in [3.8, 4) is 11.5 Å². The van der Waals surface area contributed by atoms with E-state index in [1.165, 1.54) is 6.21 Å². The van der Waals surface area contributed by atoms with E-state index in [9.17, 15) is 4.79 Å². The Labute approximate surface area is 158 Å². The Hall–Kier alpha value is -2.73. The predicted molar refractivity (Wildman–Crippen MR) is 105 cm³/mol. The van der Waals surface area contributed by atoms with Gasteiger partial charge in [0.05, 0.1) is 24.5 Å². The van der Waals surface area contributed by atoms with Gasteiger partial charge in [0, 0.05) is 5.69 Å². The van der Waals surface area contributed by atoms with Crippen LogP contribution in [0.15, 0.2) is 41.5 Å². The SMILES string of the molecule is CCOc1cc(C=NNC(=O)Nc2ccccc2C)cc(Cl)c1OCC. The van der Waals surface area contributed by atoms with E-state index in [0.717, 1.165) is 11.3 Å². The summed E-state index contributed by atoms with van der Waals surface area (Å²) in [6, 6.07) is 10.5. The molecule has 0 saturated carbocycles. The van der Waals surface area contributed by atoms with Crippen LogP contribution in [0.1, 0.15) is 25.0 Å². The Balaban J connectivity index is 2.05. The van der Waals surface area contributed by atoms with E-state index < -0.39 is 6.03 Å². The number of urea groups is 1. The summed E-state index contributed by atoms with van der Waals surface area (Å²) in [4.78, 5) is 11.9. The molecular weight excluding hydrogens is 354 g/mol. The van der Waals surface area contributed by atoms with E-state index in [0.29, 0.717) is 35.3 Å². The Morgan fingerprint density at radius 3 is 2.62 bits per heavy atom. The Bertz CT molecular complexity index is 794. The first-order valence-corrected chi connectivity index (χ1v) is 8.67. The molecule has 138 valence electrons. The van der Waals surface area contributed by atoms with Crippen LogP contribution in [-0.4, -0.2) is 25.5 Å². The third-order valence-corrected chi connectivity index (χ3v) is 3.67. The summed E-state index contributed by atoms with van der Waals surface area (Å²) in [5, 5.41) is 7.09. The van der Waals surface area contributed by atoms with Gasteiger partial charge >= 0.3 is 6.03 Å². The molecule has 2 aromatic rings. The van der Waals surface area contributed by atoms with Gasteiger partial charge in [-0.1, -0.05) is 29.8 Å².